The van der Waals surface area contributed by atoms with Crippen LogP contribution >= 0.6 is 22.9 Å². The van der Waals surface area contributed by atoms with Crippen molar-refractivity contribution in [2.24, 2.45) is 0 Å². The highest BCUT2D eigenvalue weighted by Gasteiger charge is 2.19. The molecular formula is C19H17ClN2O4S. The van der Waals surface area contributed by atoms with Crippen molar-refractivity contribution in [3.05, 3.63) is 58.6 Å². The topological polar surface area (TPSA) is 77.5 Å². The Kier molecular flexibility index (Phi) is 6.39. The Morgan fingerprint density at radius 1 is 1.19 bits per heavy atom. The predicted molar refractivity (Wildman–Crippen MR) is 105 cm³/mol. The van der Waals surface area contributed by atoms with Crippen molar-refractivity contribution >= 4 is 50.7 Å². The third-order valence-electron chi connectivity index (χ3n) is 3.59. The number of fused-ring (bicyclic) bond motifs is 1. The first-order valence-electron chi connectivity index (χ1n) is 8.20. The highest BCUT2D eigenvalue weighted by Crippen LogP contribution is 2.22. The van der Waals surface area contributed by atoms with Gasteiger partial charge >= 0.3 is 5.97 Å². The van der Waals surface area contributed by atoms with E-state index in [-0.39, 0.29) is 13.2 Å². The third-order valence-corrected chi connectivity index (χ3v) is 4.93. The van der Waals surface area contributed by atoms with Crippen LogP contribution in [0.5, 0.6) is 0 Å². The van der Waals surface area contributed by atoms with Gasteiger partial charge in [-0.1, -0.05) is 35.9 Å². The molecule has 0 aliphatic heterocycles. The molecule has 3 aromatic rings. The first-order valence-corrected chi connectivity index (χ1v) is 9.39. The van der Waals surface area contributed by atoms with Crippen LogP contribution in [0.4, 0.5) is 5.69 Å². The first-order chi connectivity index (χ1) is 13.0. The number of ether oxygens (including phenoxy) is 2. The van der Waals surface area contributed by atoms with Crippen molar-refractivity contribution in [2.45, 2.75) is 19.6 Å². The molecule has 0 aliphatic rings. The highest BCUT2D eigenvalue weighted by molar-refractivity contribution is 7.18. The standard InChI is InChI=1S/C19H17ClN2O4S/c1-12(19(24)22-14-7-3-2-6-13(14)20)26-18(23)11-25-10-17-21-15-8-4-5-9-16(15)27-17/h2-9,12H,10-11H2,1H3,(H,22,24)/t12-/m1/s1. The minimum Gasteiger partial charge on any atom is -0.451 e. The second kappa shape index (κ2) is 8.94. The molecule has 3 rings (SSSR count). The summed E-state index contributed by atoms with van der Waals surface area (Å²) >= 11 is 7.49. The number of rotatable bonds is 7. The molecule has 0 bridgehead atoms. The molecule has 8 heteroatoms. The molecule has 0 aliphatic carbocycles. The average Bonchev–Trinajstić information content (AvgIpc) is 3.06. The summed E-state index contributed by atoms with van der Waals surface area (Å²) in [4.78, 5) is 28.4. The van der Waals surface area contributed by atoms with Crippen molar-refractivity contribution in [2.75, 3.05) is 11.9 Å². The van der Waals surface area contributed by atoms with Crippen LogP contribution in [0, 0.1) is 0 Å². The van der Waals surface area contributed by atoms with E-state index in [0.717, 1.165) is 15.2 Å². The van der Waals surface area contributed by atoms with Gasteiger partial charge in [-0.05, 0) is 31.2 Å². The molecule has 1 aromatic heterocycles. The van der Waals surface area contributed by atoms with Crippen LogP contribution in [0.25, 0.3) is 10.2 Å². The number of carbonyl (C=O) groups excluding carboxylic acids is 2. The zero-order chi connectivity index (χ0) is 19.2. The summed E-state index contributed by atoms with van der Waals surface area (Å²) in [6.07, 6.45) is -0.972. The van der Waals surface area contributed by atoms with Crippen LogP contribution in [-0.2, 0) is 25.7 Å². The predicted octanol–water partition coefficient (Wildman–Crippen LogP) is 4.04. The fourth-order valence-corrected chi connectivity index (χ4v) is 3.37. The molecule has 6 nitrogen and oxygen atoms in total. The number of thiazole rings is 1. The van der Waals surface area contributed by atoms with E-state index in [2.05, 4.69) is 10.3 Å². The van der Waals surface area contributed by atoms with Gasteiger partial charge in [0, 0.05) is 0 Å². The van der Waals surface area contributed by atoms with Crippen LogP contribution in [0.2, 0.25) is 5.02 Å². The number of amides is 1. The summed E-state index contributed by atoms with van der Waals surface area (Å²) in [7, 11) is 0. The fraction of sp³-hybridized carbons (Fsp3) is 0.211. The van der Waals surface area contributed by atoms with Crippen molar-refractivity contribution in [3.8, 4) is 0 Å². The van der Waals surface area contributed by atoms with Crippen molar-refractivity contribution in [3.63, 3.8) is 0 Å². The lowest BCUT2D eigenvalue weighted by Gasteiger charge is -2.14. The maximum absolute atomic E-state index is 12.1. The van der Waals surface area contributed by atoms with Crippen LogP contribution in [0.15, 0.2) is 48.5 Å². The molecule has 1 amide bonds. The van der Waals surface area contributed by atoms with Gasteiger partial charge in [0.25, 0.3) is 5.91 Å². The number of para-hydroxylation sites is 2. The smallest absolute Gasteiger partial charge is 0.332 e. The Hall–Kier alpha value is -2.48. The van der Waals surface area contributed by atoms with Gasteiger partial charge in [-0.3, -0.25) is 4.79 Å². The van der Waals surface area contributed by atoms with Gasteiger partial charge in [0.1, 0.15) is 11.6 Å². The summed E-state index contributed by atoms with van der Waals surface area (Å²) in [5, 5.41) is 3.79. The zero-order valence-electron chi connectivity index (χ0n) is 14.5. The van der Waals surface area contributed by atoms with Gasteiger partial charge in [-0.25, -0.2) is 9.78 Å². The van der Waals surface area contributed by atoms with E-state index in [1.165, 1.54) is 18.3 Å². The molecule has 1 atom stereocenters. The van der Waals surface area contributed by atoms with E-state index in [9.17, 15) is 9.59 Å². The Labute approximate surface area is 165 Å². The Balaban J connectivity index is 1.44. The lowest BCUT2D eigenvalue weighted by Crippen LogP contribution is -2.31. The van der Waals surface area contributed by atoms with E-state index in [0.29, 0.717) is 10.7 Å². The molecule has 27 heavy (non-hydrogen) atoms. The van der Waals surface area contributed by atoms with Crippen molar-refractivity contribution in [1.82, 2.24) is 4.98 Å². The number of benzene rings is 2. The minimum atomic E-state index is -0.972. The molecule has 0 fully saturated rings. The Morgan fingerprint density at radius 2 is 1.93 bits per heavy atom. The number of nitrogens with one attached hydrogen (secondary N) is 1. The number of nitrogens with zero attached hydrogens (tertiary/aromatic N) is 1. The maximum atomic E-state index is 12.1. The SMILES string of the molecule is C[C@@H](OC(=O)COCc1nc2ccccc2s1)C(=O)Nc1ccccc1Cl. The number of esters is 1. The van der Waals surface area contributed by atoms with E-state index in [1.807, 2.05) is 24.3 Å². The zero-order valence-corrected chi connectivity index (χ0v) is 16.0. The average molecular weight is 405 g/mol. The summed E-state index contributed by atoms with van der Waals surface area (Å²) in [5.41, 5.74) is 1.35. The maximum Gasteiger partial charge on any atom is 0.332 e. The normalized spacial score (nSPS) is 11.9. The van der Waals surface area contributed by atoms with Crippen molar-refractivity contribution < 1.29 is 19.1 Å². The summed E-state index contributed by atoms with van der Waals surface area (Å²) in [5.74, 6) is -1.10. The van der Waals surface area contributed by atoms with Gasteiger partial charge in [0.15, 0.2) is 6.10 Å². The number of aromatic nitrogens is 1. The van der Waals surface area contributed by atoms with Crippen LogP contribution < -0.4 is 5.32 Å². The first kappa shape index (κ1) is 19.3. The molecule has 0 radical (unpaired) electrons. The molecule has 1 N–H and O–H groups in total. The minimum absolute atomic E-state index is 0.203. The van der Waals surface area contributed by atoms with Gasteiger partial charge < -0.3 is 14.8 Å². The van der Waals surface area contributed by atoms with E-state index < -0.39 is 18.0 Å². The number of hydrogen-bond donors (Lipinski definition) is 1. The molecule has 140 valence electrons. The third kappa shape index (κ3) is 5.26. The van der Waals surface area contributed by atoms with Gasteiger partial charge in [0.2, 0.25) is 0 Å². The summed E-state index contributed by atoms with van der Waals surface area (Å²) in [6, 6.07) is 14.6. The van der Waals surface area contributed by atoms with Gasteiger partial charge in [0.05, 0.1) is 27.5 Å². The Morgan fingerprint density at radius 3 is 2.70 bits per heavy atom. The number of anilines is 1. The largest absolute Gasteiger partial charge is 0.451 e. The number of hydrogen-bond acceptors (Lipinski definition) is 6. The van der Waals surface area contributed by atoms with E-state index in [1.54, 1.807) is 24.3 Å². The monoisotopic (exact) mass is 404 g/mol. The fourth-order valence-electron chi connectivity index (χ4n) is 2.28. The van der Waals surface area contributed by atoms with Crippen LogP contribution in [0.1, 0.15) is 11.9 Å². The number of carbonyl (C=O) groups is 2. The van der Waals surface area contributed by atoms with Gasteiger partial charge in [-0.2, -0.15) is 0 Å². The molecule has 0 spiro atoms. The van der Waals surface area contributed by atoms with Crippen molar-refractivity contribution in [1.29, 1.82) is 0 Å². The van der Waals surface area contributed by atoms with Gasteiger partial charge in [-0.15, -0.1) is 11.3 Å². The lowest BCUT2D eigenvalue weighted by molar-refractivity contribution is -0.157. The molecule has 0 unspecified atom stereocenters. The molecule has 0 saturated heterocycles. The molecule has 2 aromatic carbocycles. The summed E-state index contributed by atoms with van der Waals surface area (Å²) in [6.45, 7) is 1.42. The molecule has 1 heterocycles. The van der Waals surface area contributed by atoms with Crippen LogP contribution in [0.3, 0.4) is 0 Å². The second-order valence-corrected chi connectivity index (χ2v) is 7.19. The molecular weight excluding hydrogens is 388 g/mol. The summed E-state index contributed by atoms with van der Waals surface area (Å²) < 4.78 is 11.5. The Bertz CT molecular complexity index is 927. The lowest BCUT2D eigenvalue weighted by atomic mass is 10.3. The van der Waals surface area contributed by atoms with E-state index in [4.69, 9.17) is 21.1 Å². The van der Waals surface area contributed by atoms with Crippen LogP contribution in [-0.4, -0.2) is 29.6 Å². The molecule has 0 saturated carbocycles. The second-order valence-electron chi connectivity index (χ2n) is 5.67. The highest BCUT2D eigenvalue weighted by atomic mass is 35.5. The number of halogens is 1. The van der Waals surface area contributed by atoms with E-state index >= 15 is 0 Å². The quantitative estimate of drug-likeness (QED) is 0.601.